The van der Waals surface area contributed by atoms with Crippen LogP contribution >= 0.6 is 11.8 Å². The highest BCUT2D eigenvalue weighted by molar-refractivity contribution is 8.15. The Bertz CT molecular complexity index is 1110. The second-order valence-corrected chi connectivity index (χ2v) is 11.4. The first-order valence-electron chi connectivity index (χ1n) is 10.2. The highest BCUT2D eigenvalue weighted by atomic mass is 32.2. The molecule has 2 heterocycles. The summed E-state index contributed by atoms with van der Waals surface area (Å²) in [4.78, 5) is 17.3. The van der Waals surface area contributed by atoms with Gasteiger partial charge in [0.05, 0.1) is 23.6 Å². The summed E-state index contributed by atoms with van der Waals surface area (Å²) in [6.45, 7) is 0. The van der Waals surface area contributed by atoms with Crippen LogP contribution in [0.3, 0.4) is 0 Å². The zero-order valence-corrected chi connectivity index (χ0v) is 18.0. The number of nitrogens with zero attached hydrogens (tertiary/aromatic N) is 1. The maximum atomic E-state index is 12.8. The van der Waals surface area contributed by atoms with E-state index in [0.29, 0.717) is 5.56 Å². The molecule has 8 heteroatoms. The molecule has 1 amide bonds. The van der Waals surface area contributed by atoms with Crippen LogP contribution in [0.15, 0.2) is 53.5 Å². The molecule has 3 aliphatic rings. The third-order valence-corrected chi connectivity index (χ3v) is 9.03. The van der Waals surface area contributed by atoms with Gasteiger partial charge in [0.25, 0.3) is 5.91 Å². The average molecular weight is 442 g/mol. The first-order chi connectivity index (χ1) is 14.5. The van der Waals surface area contributed by atoms with E-state index in [0.717, 1.165) is 30.1 Å². The van der Waals surface area contributed by atoms with Gasteiger partial charge < -0.3 is 10.6 Å². The molecule has 2 aromatic carbocycles. The first-order valence-corrected chi connectivity index (χ1v) is 12.9. The number of rotatable bonds is 3. The summed E-state index contributed by atoms with van der Waals surface area (Å²) >= 11 is 1.49. The average Bonchev–Trinajstić information content (AvgIpc) is 3.21. The fourth-order valence-electron chi connectivity index (χ4n) is 4.39. The van der Waals surface area contributed by atoms with Crippen LogP contribution in [0.5, 0.6) is 0 Å². The number of fused-ring (bicyclic) bond motifs is 2. The predicted octanol–water partition coefficient (Wildman–Crippen LogP) is 3.17. The van der Waals surface area contributed by atoms with E-state index in [4.69, 9.17) is 0 Å². The minimum atomic E-state index is -2.95. The van der Waals surface area contributed by atoms with Crippen LogP contribution < -0.4 is 10.6 Å². The molecule has 0 radical (unpaired) electrons. The highest BCUT2D eigenvalue weighted by Crippen LogP contribution is 2.34. The summed E-state index contributed by atoms with van der Waals surface area (Å²) < 4.78 is 23.4. The number of carbonyl (C=O) groups excluding carboxylic acids is 1. The van der Waals surface area contributed by atoms with E-state index < -0.39 is 9.84 Å². The Morgan fingerprint density at radius 1 is 1.07 bits per heavy atom. The van der Waals surface area contributed by atoms with E-state index in [-0.39, 0.29) is 34.7 Å². The topological polar surface area (TPSA) is 87.6 Å². The number of benzene rings is 2. The number of sulfone groups is 1. The summed E-state index contributed by atoms with van der Waals surface area (Å²) in [5.41, 5.74) is 4.00. The number of hydrogen-bond acceptors (Lipinski definition) is 6. The molecule has 156 valence electrons. The maximum Gasteiger partial charge on any atom is 0.251 e. The Morgan fingerprint density at radius 2 is 1.87 bits per heavy atom. The first kappa shape index (κ1) is 19.6. The minimum Gasteiger partial charge on any atom is -0.345 e. The molecular weight excluding hydrogens is 418 g/mol. The van der Waals surface area contributed by atoms with Gasteiger partial charge in [-0.1, -0.05) is 36.0 Å². The van der Waals surface area contributed by atoms with Gasteiger partial charge >= 0.3 is 0 Å². The lowest BCUT2D eigenvalue weighted by Crippen LogP contribution is -2.30. The standard InChI is InChI=1S/C22H23N3O3S2/c26-21(24-18-7-3-5-14-4-1-2-6-17(14)18)15-8-10-16(11-9-15)23-22-25-19-12-30(27,28)13-20(19)29-22/h1-2,4,6,8-11,18-20H,3,5,7,12-13H2,(H,23,25)(H,24,26)/t18-,19-,20-/m1/s1. The lowest BCUT2D eigenvalue weighted by Gasteiger charge is -2.26. The third kappa shape index (κ3) is 3.98. The summed E-state index contributed by atoms with van der Waals surface area (Å²) in [7, 11) is -2.95. The fourth-order valence-corrected chi connectivity index (χ4v) is 8.07. The Morgan fingerprint density at radius 3 is 2.67 bits per heavy atom. The number of carbonyl (C=O) groups is 1. The molecule has 0 unspecified atom stereocenters. The van der Waals surface area contributed by atoms with Crippen molar-refractivity contribution in [3.05, 3.63) is 65.2 Å². The van der Waals surface area contributed by atoms with Crippen molar-refractivity contribution in [1.82, 2.24) is 5.32 Å². The van der Waals surface area contributed by atoms with Crippen LogP contribution in [0.2, 0.25) is 0 Å². The maximum absolute atomic E-state index is 12.8. The van der Waals surface area contributed by atoms with Crippen LogP contribution in [0, 0.1) is 0 Å². The molecule has 0 aromatic heterocycles. The second kappa shape index (κ2) is 7.74. The molecule has 3 atom stereocenters. The fraction of sp³-hybridized carbons (Fsp3) is 0.364. The smallest absolute Gasteiger partial charge is 0.251 e. The van der Waals surface area contributed by atoms with Crippen molar-refractivity contribution in [3.8, 4) is 0 Å². The van der Waals surface area contributed by atoms with E-state index in [1.807, 2.05) is 24.3 Å². The lowest BCUT2D eigenvalue weighted by atomic mass is 9.87. The van der Waals surface area contributed by atoms with Crippen LogP contribution in [0.25, 0.3) is 0 Å². The third-order valence-electron chi connectivity index (χ3n) is 5.89. The van der Waals surface area contributed by atoms with Gasteiger partial charge in [0, 0.05) is 16.5 Å². The summed E-state index contributed by atoms with van der Waals surface area (Å²) in [5, 5.41) is 7.18. The lowest BCUT2D eigenvalue weighted by molar-refractivity contribution is 0.0933. The number of aliphatic imine (C=N–C) groups is 1. The molecule has 1 fully saturated rings. The van der Waals surface area contributed by atoms with Crippen molar-refractivity contribution >= 4 is 38.4 Å². The van der Waals surface area contributed by atoms with Gasteiger partial charge in [0.1, 0.15) is 0 Å². The predicted molar refractivity (Wildman–Crippen MR) is 121 cm³/mol. The number of thioether (sulfide) groups is 1. The Hall–Kier alpha value is -2.32. The van der Waals surface area contributed by atoms with Gasteiger partial charge in [0.15, 0.2) is 15.0 Å². The van der Waals surface area contributed by atoms with Gasteiger partial charge in [-0.2, -0.15) is 0 Å². The molecule has 1 aliphatic carbocycles. The molecule has 1 saturated heterocycles. The van der Waals surface area contributed by atoms with Crippen molar-refractivity contribution in [3.63, 3.8) is 0 Å². The number of hydrogen-bond donors (Lipinski definition) is 2. The molecule has 0 spiro atoms. The van der Waals surface area contributed by atoms with Crippen molar-refractivity contribution in [1.29, 1.82) is 0 Å². The summed E-state index contributed by atoms with van der Waals surface area (Å²) in [6.07, 6.45) is 3.10. The molecule has 5 rings (SSSR count). The van der Waals surface area contributed by atoms with E-state index in [2.05, 4.69) is 27.8 Å². The van der Waals surface area contributed by atoms with Crippen LogP contribution in [0.4, 0.5) is 5.69 Å². The minimum absolute atomic E-state index is 0.0147. The van der Waals surface area contributed by atoms with Crippen molar-refractivity contribution in [2.75, 3.05) is 16.8 Å². The molecule has 2 aromatic rings. The Kier molecular flexibility index (Phi) is 5.06. The Balaban J connectivity index is 1.22. The monoisotopic (exact) mass is 441 g/mol. The number of aryl methyl sites for hydroxylation is 1. The molecule has 0 bridgehead atoms. The molecule has 30 heavy (non-hydrogen) atoms. The SMILES string of the molecule is O=C(N[C@@H]1CCCc2ccccc21)c1ccc(NC2=N[C@@H]3CS(=O)(=O)C[C@H]3S2)cc1. The second-order valence-electron chi connectivity index (χ2n) is 8.05. The van der Waals surface area contributed by atoms with Gasteiger partial charge in [-0.25, -0.2) is 8.42 Å². The largest absolute Gasteiger partial charge is 0.345 e. The van der Waals surface area contributed by atoms with Gasteiger partial charge in [-0.3, -0.25) is 9.79 Å². The van der Waals surface area contributed by atoms with Crippen molar-refractivity contribution < 1.29 is 13.2 Å². The quantitative estimate of drug-likeness (QED) is 0.764. The number of nitrogens with one attached hydrogen (secondary N) is 2. The van der Waals surface area contributed by atoms with Crippen LogP contribution in [-0.2, 0) is 16.3 Å². The molecule has 2 N–H and O–H groups in total. The molecule has 6 nitrogen and oxygen atoms in total. The number of anilines is 1. The van der Waals surface area contributed by atoms with Crippen LogP contribution in [0.1, 0.15) is 40.4 Å². The van der Waals surface area contributed by atoms with Gasteiger partial charge in [-0.05, 0) is 54.7 Å². The van der Waals surface area contributed by atoms with Gasteiger partial charge in [-0.15, -0.1) is 0 Å². The Labute approximate surface area is 180 Å². The molecular formula is C22H23N3O3S2. The molecule has 0 saturated carbocycles. The van der Waals surface area contributed by atoms with Crippen molar-refractivity contribution in [2.45, 2.75) is 36.6 Å². The number of amides is 1. The van der Waals surface area contributed by atoms with Gasteiger partial charge in [0.2, 0.25) is 0 Å². The van der Waals surface area contributed by atoms with E-state index in [1.165, 1.54) is 22.9 Å². The van der Waals surface area contributed by atoms with E-state index in [1.54, 1.807) is 12.1 Å². The van der Waals surface area contributed by atoms with Crippen LogP contribution in [-0.4, -0.2) is 42.3 Å². The van der Waals surface area contributed by atoms with E-state index >= 15 is 0 Å². The normalized spacial score (nSPS) is 26.4. The van der Waals surface area contributed by atoms with Crippen molar-refractivity contribution in [2.24, 2.45) is 4.99 Å². The zero-order chi connectivity index (χ0) is 20.7. The van der Waals surface area contributed by atoms with E-state index in [9.17, 15) is 13.2 Å². The summed E-state index contributed by atoms with van der Waals surface area (Å²) in [6, 6.07) is 15.6. The summed E-state index contributed by atoms with van der Waals surface area (Å²) in [5.74, 6) is 0.259. The number of amidine groups is 1. The zero-order valence-electron chi connectivity index (χ0n) is 16.4. The highest BCUT2D eigenvalue weighted by Gasteiger charge is 2.42. The molecule has 2 aliphatic heterocycles.